The van der Waals surface area contributed by atoms with Gasteiger partial charge < -0.3 is 26.8 Å². The van der Waals surface area contributed by atoms with Gasteiger partial charge >= 0.3 is 5.97 Å². The van der Waals surface area contributed by atoms with Gasteiger partial charge in [-0.3, -0.25) is 9.59 Å². The quantitative estimate of drug-likeness (QED) is 0.230. The molecule has 0 saturated heterocycles. The lowest BCUT2D eigenvalue weighted by molar-refractivity contribution is -0.139. The first-order valence-corrected chi connectivity index (χ1v) is 7.29. The highest BCUT2D eigenvalue weighted by Crippen LogP contribution is 1.95. The zero-order valence-electron chi connectivity index (χ0n) is 12.9. The van der Waals surface area contributed by atoms with Crippen LogP contribution in [0.15, 0.2) is 11.6 Å². The van der Waals surface area contributed by atoms with Gasteiger partial charge in [-0.25, -0.2) is 0 Å². The molecule has 0 aromatic heterocycles. The third-order valence-corrected chi connectivity index (χ3v) is 3.05. The molecule has 0 fully saturated rings. The van der Waals surface area contributed by atoms with E-state index in [9.17, 15) is 9.59 Å². The fourth-order valence-corrected chi connectivity index (χ4v) is 1.58. The average Bonchev–Trinajstić information content (AvgIpc) is 2.43. The Morgan fingerprint density at radius 1 is 1.19 bits per heavy atom. The first-order valence-electron chi connectivity index (χ1n) is 7.29. The Balaban J connectivity index is 3.54. The Kier molecular flexibility index (Phi) is 11.5. The number of rotatable bonds is 13. The maximum absolute atomic E-state index is 11.0. The number of aliphatic carboxylic acids is 1. The minimum atomic E-state index is -1.04. The number of hydrogen-bond donors (Lipinski definition) is 5. The van der Waals surface area contributed by atoms with E-state index in [1.54, 1.807) is 0 Å². The molecule has 0 saturated carbocycles. The molecule has 7 nitrogen and oxygen atoms in total. The molecule has 0 unspecified atom stereocenters. The molecule has 0 bridgehead atoms. The second-order valence-electron chi connectivity index (χ2n) is 4.87. The van der Waals surface area contributed by atoms with Crippen molar-refractivity contribution in [2.24, 2.45) is 5.73 Å². The molecule has 0 aromatic rings. The number of allylic oxidation sites excluding steroid dienone is 1. The third-order valence-electron chi connectivity index (χ3n) is 3.05. The predicted octanol–water partition coefficient (Wildman–Crippen LogP) is -0.560. The second kappa shape index (κ2) is 12.3. The Bertz CT molecular complexity index is 345. The molecular weight excluding hydrogens is 272 g/mol. The molecule has 0 rings (SSSR count). The van der Waals surface area contributed by atoms with Gasteiger partial charge in [0.15, 0.2) is 0 Å². The van der Waals surface area contributed by atoms with E-state index in [1.165, 1.54) is 5.57 Å². The zero-order valence-corrected chi connectivity index (χ0v) is 12.9. The number of nitrogens with one attached hydrogen (secondary N) is 3. The van der Waals surface area contributed by atoms with Crippen molar-refractivity contribution >= 4 is 11.9 Å². The van der Waals surface area contributed by atoms with Crippen LogP contribution >= 0.6 is 0 Å². The number of primary amides is 1. The number of amides is 1. The fourth-order valence-electron chi connectivity index (χ4n) is 1.58. The molecule has 122 valence electrons. The Morgan fingerprint density at radius 3 is 2.38 bits per heavy atom. The summed E-state index contributed by atoms with van der Waals surface area (Å²) in [7, 11) is 0. The molecule has 6 N–H and O–H groups in total. The summed E-state index contributed by atoms with van der Waals surface area (Å²) in [6.07, 6.45) is 2.95. The van der Waals surface area contributed by atoms with Gasteiger partial charge in [0.2, 0.25) is 5.91 Å². The zero-order chi connectivity index (χ0) is 16.1. The van der Waals surface area contributed by atoms with Crippen LogP contribution in [0.1, 0.15) is 26.7 Å². The topological polar surface area (TPSA) is 116 Å². The van der Waals surface area contributed by atoms with Crippen LogP contribution in [0.3, 0.4) is 0 Å². The van der Waals surface area contributed by atoms with Gasteiger partial charge in [0.25, 0.3) is 0 Å². The number of hydrogen-bond acceptors (Lipinski definition) is 5. The number of carbonyl (C=O) groups is 2. The van der Waals surface area contributed by atoms with Gasteiger partial charge in [-0.15, -0.1) is 0 Å². The standard InChI is InChI=1S/C14H28N4O3/c1-3-11(2)4-5-16-6-7-17-8-9-18-12(14(15)21)10-13(19)20/h4,12,16-18H,3,5-10H2,1-2H3,(H2,15,21)(H,19,20)/b11-4-/t12-/m0/s1. The van der Waals surface area contributed by atoms with Gasteiger partial charge in [-0.2, -0.15) is 0 Å². The van der Waals surface area contributed by atoms with Crippen molar-refractivity contribution < 1.29 is 14.7 Å². The van der Waals surface area contributed by atoms with Crippen molar-refractivity contribution in [2.45, 2.75) is 32.7 Å². The van der Waals surface area contributed by atoms with Gasteiger partial charge in [0.05, 0.1) is 12.5 Å². The molecule has 21 heavy (non-hydrogen) atoms. The molecular formula is C14H28N4O3. The van der Waals surface area contributed by atoms with Crippen LogP contribution in [-0.4, -0.2) is 55.7 Å². The molecule has 7 heteroatoms. The summed E-state index contributed by atoms with van der Waals surface area (Å²) < 4.78 is 0. The molecule has 0 spiro atoms. The minimum absolute atomic E-state index is 0.292. The van der Waals surface area contributed by atoms with Crippen LogP contribution in [-0.2, 0) is 9.59 Å². The van der Waals surface area contributed by atoms with Crippen LogP contribution in [0, 0.1) is 0 Å². The average molecular weight is 300 g/mol. The fraction of sp³-hybridized carbons (Fsp3) is 0.714. The monoisotopic (exact) mass is 300 g/mol. The third kappa shape index (κ3) is 12.0. The molecule has 0 aliphatic carbocycles. The summed E-state index contributed by atoms with van der Waals surface area (Å²) in [4.78, 5) is 21.6. The second-order valence-corrected chi connectivity index (χ2v) is 4.87. The summed E-state index contributed by atoms with van der Waals surface area (Å²) in [6.45, 7) is 7.90. The molecule has 0 aromatic carbocycles. The first-order chi connectivity index (χ1) is 9.97. The molecule has 1 amide bonds. The lowest BCUT2D eigenvalue weighted by Gasteiger charge is -2.13. The SMILES string of the molecule is CC/C(C)=C\CNCCNCCN[C@@H](CC(=O)O)C(N)=O. The number of carboxylic acids is 1. The van der Waals surface area contributed by atoms with E-state index in [2.05, 4.69) is 35.9 Å². The van der Waals surface area contributed by atoms with Crippen molar-refractivity contribution in [3.8, 4) is 0 Å². The van der Waals surface area contributed by atoms with Crippen LogP contribution in [0.4, 0.5) is 0 Å². The summed E-state index contributed by atoms with van der Waals surface area (Å²) in [5.41, 5.74) is 6.49. The smallest absolute Gasteiger partial charge is 0.305 e. The summed E-state index contributed by atoms with van der Waals surface area (Å²) >= 11 is 0. The maximum atomic E-state index is 11.0. The molecule has 0 aliphatic rings. The lowest BCUT2D eigenvalue weighted by atomic mass is 10.2. The predicted molar refractivity (Wildman–Crippen MR) is 83.0 cm³/mol. The molecule has 0 radical (unpaired) electrons. The van der Waals surface area contributed by atoms with Crippen molar-refractivity contribution in [1.29, 1.82) is 0 Å². The van der Waals surface area contributed by atoms with Gasteiger partial charge in [-0.1, -0.05) is 18.6 Å². The summed E-state index contributed by atoms with van der Waals surface area (Å²) in [5.74, 6) is -1.68. The molecule has 0 heterocycles. The van der Waals surface area contributed by atoms with Crippen LogP contribution < -0.4 is 21.7 Å². The van der Waals surface area contributed by atoms with E-state index in [1.807, 2.05) is 0 Å². The Labute approximate surface area is 126 Å². The Hall–Kier alpha value is -1.44. The largest absolute Gasteiger partial charge is 0.481 e. The highest BCUT2D eigenvalue weighted by Gasteiger charge is 2.17. The number of carbonyl (C=O) groups excluding carboxylic acids is 1. The lowest BCUT2D eigenvalue weighted by Crippen LogP contribution is -2.45. The van der Waals surface area contributed by atoms with Gasteiger partial charge in [0.1, 0.15) is 0 Å². The van der Waals surface area contributed by atoms with E-state index in [4.69, 9.17) is 10.8 Å². The van der Waals surface area contributed by atoms with Gasteiger partial charge in [0, 0.05) is 32.7 Å². The van der Waals surface area contributed by atoms with E-state index in [0.29, 0.717) is 13.1 Å². The van der Waals surface area contributed by atoms with Crippen LogP contribution in [0.25, 0.3) is 0 Å². The van der Waals surface area contributed by atoms with Crippen LogP contribution in [0.5, 0.6) is 0 Å². The summed E-state index contributed by atoms with van der Waals surface area (Å²) in [6, 6.07) is -0.815. The number of nitrogens with two attached hydrogens (primary N) is 1. The van der Waals surface area contributed by atoms with Gasteiger partial charge in [-0.05, 0) is 13.3 Å². The highest BCUT2D eigenvalue weighted by molar-refractivity contribution is 5.84. The van der Waals surface area contributed by atoms with Crippen LogP contribution in [0.2, 0.25) is 0 Å². The highest BCUT2D eigenvalue weighted by atomic mass is 16.4. The molecule has 1 atom stereocenters. The summed E-state index contributed by atoms with van der Waals surface area (Å²) in [5, 5.41) is 17.9. The Morgan fingerprint density at radius 2 is 1.81 bits per heavy atom. The molecule has 0 aliphatic heterocycles. The minimum Gasteiger partial charge on any atom is -0.481 e. The van der Waals surface area contributed by atoms with Crippen molar-refractivity contribution in [2.75, 3.05) is 32.7 Å². The first kappa shape index (κ1) is 19.6. The van der Waals surface area contributed by atoms with E-state index in [0.717, 1.165) is 26.1 Å². The normalized spacial score (nSPS) is 13.1. The van der Waals surface area contributed by atoms with E-state index < -0.39 is 17.9 Å². The number of carboxylic acid groups (broad SMARTS) is 1. The van der Waals surface area contributed by atoms with Crippen molar-refractivity contribution in [3.05, 3.63) is 11.6 Å². The van der Waals surface area contributed by atoms with Crippen molar-refractivity contribution in [1.82, 2.24) is 16.0 Å². The van der Waals surface area contributed by atoms with E-state index in [-0.39, 0.29) is 6.42 Å². The van der Waals surface area contributed by atoms with E-state index >= 15 is 0 Å². The maximum Gasteiger partial charge on any atom is 0.305 e. The van der Waals surface area contributed by atoms with Crippen molar-refractivity contribution in [3.63, 3.8) is 0 Å².